The third kappa shape index (κ3) is 1.89. The Bertz CT molecular complexity index is 467. The highest BCUT2D eigenvalue weighted by Gasteiger charge is 2.16. The van der Waals surface area contributed by atoms with Crippen LogP contribution in [0.15, 0.2) is 35.2 Å². The molecule has 1 N–H and O–H groups in total. The summed E-state index contributed by atoms with van der Waals surface area (Å²) in [6.07, 6.45) is 3.02. The first-order valence-corrected chi connectivity index (χ1v) is 4.51. The van der Waals surface area contributed by atoms with Crippen molar-refractivity contribution in [2.75, 3.05) is 0 Å². The van der Waals surface area contributed by atoms with Crippen LogP contribution in [0.4, 0.5) is 4.39 Å². The second-order valence-electron chi connectivity index (χ2n) is 3.31. The molecule has 0 amide bonds. The smallest absolute Gasteiger partial charge is 0.141 e. The summed E-state index contributed by atoms with van der Waals surface area (Å²) in [6, 6.07) is 2.98. The number of rotatable bonds is 2. The van der Waals surface area contributed by atoms with Crippen LogP contribution in [0.3, 0.4) is 0 Å². The minimum Gasteiger partial charge on any atom is -0.466 e. The van der Waals surface area contributed by atoms with Gasteiger partial charge in [-0.15, -0.1) is 0 Å². The van der Waals surface area contributed by atoms with Crippen molar-refractivity contribution >= 4 is 0 Å². The topological polar surface area (TPSA) is 46.3 Å². The van der Waals surface area contributed by atoms with Crippen LogP contribution in [-0.2, 0) is 0 Å². The first kappa shape index (κ1) is 9.86. The van der Waals surface area contributed by atoms with Crippen molar-refractivity contribution < 1.29 is 13.9 Å². The number of aliphatic hydroxyl groups excluding tert-OH is 1. The maximum atomic E-state index is 12.9. The van der Waals surface area contributed by atoms with Crippen LogP contribution >= 0.6 is 0 Å². The quantitative estimate of drug-likeness (QED) is 0.821. The first-order chi connectivity index (χ1) is 7.18. The lowest BCUT2D eigenvalue weighted by molar-refractivity contribution is 0.187. The maximum absolute atomic E-state index is 12.9. The number of halogens is 1. The lowest BCUT2D eigenvalue weighted by Crippen LogP contribution is -2.01. The van der Waals surface area contributed by atoms with Gasteiger partial charge in [-0.1, -0.05) is 0 Å². The zero-order valence-corrected chi connectivity index (χ0v) is 8.14. The van der Waals surface area contributed by atoms with Gasteiger partial charge in [-0.3, -0.25) is 4.98 Å². The molecule has 0 aromatic carbocycles. The predicted molar refractivity (Wildman–Crippen MR) is 51.7 cm³/mol. The summed E-state index contributed by atoms with van der Waals surface area (Å²) >= 11 is 0. The Balaban J connectivity index is 2.36. The van der Waals surface area contributed by atoms with E-state index in [-0.39, 0.29) is 0 Å². The number of nitrogens with zero attached hydrogens (tertiary/aromatic N) is 1. The van der Waals surface area contributed by atoms with Gasteiger partial charge in [0.15, 0.2) is 0 Å². The normalized spacial score (nSPS) is 12.7. The highest BCUT2D eigenvalue weighted by atomic mass is 19.1. The molecule has 2 rings (SSSR count). The molecule has 4 heteroatoms. The van der Waals surface area contributed by atoms with Crippen LogP contribution in [0, 0.1) is 12.7 Å². The number of aryl methyl sites for hydroxylation is 1. The van der Waals surface area contributed by atoms with E-state index in [9.17, 15) is 9.50 Å². The van der Waals surface area contributed by atoms with Gasteiger partial charge in [-0.05, 0) is 24.6 Å². The van der Waals surface area contributed by atoms with E-state index in [4.69, 9.17) is 4.42 Å². The fraction of sp³-hybridized carbons (Fsp3) is 0.182. The first-order valence-electron chi connectivity index (χ1n) is 4.51. The molecule has 1 atom stereocenters. The van der Waals surface area contributed by atoms with Gasteiger partial charge in [0, 0.05) is 11.8 Å². The SMILES string of the molecule is Cc1ccoc1C(O)c1cncc(F)c1. The van der Waals surface area contributed by atoms with Gasteiger partial charge in [0.25, 0.3) is 0 Å². The molecule has 1 unspecified atom stereocenters. The van der Waals surface area contributed by atoms with Gasteiger partial charge >= 0.3 is 0 Å². The summed E-state index contributed by atoms with van der Waals surface area (Å²) in [5.74, 6) is -0.0573. The summed E-state index contributed by atoms with van der Waals surface area (Å²) in [5, 5.41) is 9.89. The van der Waals surface area contributed by atoms with Crippen molar-refractivity contribution in [1.29, 1.82) is 0 Å². The van der Waals surface area contributed by atoms with Crippen molar-refractivity contribution in [2.45, 2.75) is 13.0 Å². The molecule has 2 aromatic rings. The van der Waals surface area contributed by atoms with Gasteiger partial charge in [-0.2, -0.15) is 0 Å². The van der Waals surface area contributed by atoms with Crippen molar-refractivity contribution in [3.8, 4) is 0 Å². The second kappa shape index (κ2) is 3.82. The van der Waals surface area contributed by atoms with Crippen LogP contribution in [-0.4, -0.2) is 10.1 Å². The Morgan fingerprint density at radius 3 is 2.87 bits per heavy atom. The summed E-state index contributed by atoms with van der Waals surface area (Å²) < 4.78 is 18.0. The number of hydrogen-bond acceptors (Lipinski definition) is 3. The molecular formula is C11H10FNO2. The fourth-order valence-electron chi connectivity index (χ4n) is 1.39. The fourth-order valence-corrected chi connectivity index (χ4v) is 1.39. The van der Waals surface area contributed by atoms with Gasteiger partial charge in [0.1, 0.15) is 17.7 Å². The number of pyridine rings is 1. The molecule has 0 spiro atoms. The molecule has 3 nitrogen and oxygen atoms in total. The Labute approximate surface area is 86.2 Å². The predicted octanol–water partition coefficient (Wildman–Crippen LogP) is 2.20. The number of furan rings is 1. The molecule has 0 fully saturated rings. The second-order valence-corrected chi connectivity index (χ2v) is 3.31. The van der Waals surface area contributed by atoms with E-state index in [1.54, 1.807) is 6.07 Å². The molecule has 0 aliphatic heterocycles. The average Bonchev–Trinajstić information content (AvgIpc) is 2.63. The third-order valence-electron chi connectivity index (χ3n) is 2.19. The summed E-state index contributed by atoms with van der Waals surface area (Å²) in [7, 11) is 0. The highest BCUT2D eigenvalue weighted by Crippen LogP contribution is 2.24. The van der Waals surface area contributed by atoms with Crippen molar-refractivity contribution in [2.24, 2.45) is 0 Å². The van der Waals surface area contributed by atoms with E-state index in [1.165, 1.54) is 18.5 Å². The molecule has 15 heavy (non-hydrogen) atoms. The molecular weight excluding hydrogens is 197 g/mol. The Kier molecular flexibility index (Phi) is 2.51. The Morgan fingerprint density at radius 1 is 1.47 bits per heavy atom. The molecule has 0 aliphatic rings. The average molecular weight is 207 g/mol. The maximum Gasteiger partial charge on any atom is 0.141 e. The molecule has 0 aliphatic carbocycles. The van der Waals surface area contributed by atoms with Crippen molar-refractivity contribution in [1.82, 2.24) is 4.98 Å². The molecule has 0 saturated carbocycles. The van der Waals surface area contributed by atoms with Gasteiger partial charge in [-0.25, -0.2) is 4.39 Å². The Morgan fingerprint density at radius 2 is 2.27 bits per heavy atom. The molecule has 0 bridgehead atoms. The van der Waals surface area contributed by atoms with Crippen molar-refractivity contribution in [3.05, 3.63) is 53.5 Å². The summed E-state index contributed by atoms with van der Waals surface area (Å²) in [6.45, 7) is 1.81. The van der Waals surface area contributed by atoms with E-state index >= 15 is 0 Å². The number of aromatic nitrogens is 1. The minimum absolute atomic E-state index is 0.382. The minimum atomic E-state index is -0.969. The molecule has 78 valence electrons. The van der Waals surface area contributed by atoms with Crippen LogP contribution in [0.5, 0.6) is 0 Å². The van der Waals surface area contributed by atoms with Crippen LogP contribution in [0.25, 0.3) is 0 Å². The van der Waals surface area contributed by atoms with Gasteiger partial charge in [0.05, 0.1) is 12.5 Å². The van der Waals surface area contributed by atoms with Crippen LogP contribution < -0.4 is 0 Å². The summed E-state index contributed by atoms with van der Waals surface area (Å²) in [5.41, 5.74) is 1.21. The highest BCUT2D eigenvalue weighted by molar-refractivity contribution is 5.26. The monoisotopic (exact) mass is 207 g/mol. The molecule has 0 saturated heterocycles. The lowest BCUT2D eigenvalue weighted by Gasteiger charge is -2.08. The molecule has 2 aromatic heterocycles. The zero-order chi connectivity index (χ0) is 10.8. The van der Waals surface area contributed by atoms with E-state index in [0.717, 1.165) is 11.8 Å². The Hall–Kier alpha value is -1.68. The molecule has 2 heterocycles. The van der Waals surface area contributed by atoms with Crippen LogP contribution in [0.2, 0.25) is 0 Å². The van der Waals surface area contributed by atoms with E-state index in [1.807, 2.05) is 6.92 Å². The van der Waals surface area contributed by atoms with Gasteiger partial charge in [0.2, 0.25) is 0 Å². The van der Waals surface area contributed by atoms with E-state index < -0.39 is 11.9 Å². The lowest BCUT2D eigenvalue weighted by atomic mass is 10.1. The zero-order valence-electron chi connectivity index (χ0n) is 8.14. The third-order valence-corrected chi connectivity index (χ3v) is 2.19. The van der Waals surface area contributed by atoms with E-state index in [2.05, 4.69) is 4.98 Å². The summed E-state index contributed by atoms with van der Waals surface area (Å²) in [4.78, 5) is 3.67. The standard InChI is InChI=1S/C11H10FNO2/c1-7-2-3-15-11(7)10(14)8-4-9(12)6-13-5-8/h2-6,10,14H,1H3. The molecule has 0 radical (unpaired) electrons. The largest absolute Gasteiger partial charge is 0.466 e. The van der Waals surface area contributed by atoms with E-state index in [0.29, 0.717) is 11.3 Å². The number of hydrogen-bond donors (Lipinski definition) is 1. The van der Waals surface area contributed by atoms with Gasteiger partial charge < -0.3 is 9.52 Å². The van der Waals surface area contributed by atoms with Crippen LogP contribution in [0.1, 0.15) is 23.0 Å². The van der Waals surface area contributed by atoms with Crippen molar-refractivity contribution in [3.63, 3.8) is 0 Å². The number of aliphatic hydroxyl groups is 1.